The standard InChI is InChI=1S/C23H27N5O4S/c1-4-21-20(16-24-28(21)18-12-8-7-9-13-18)23(30)26-25-22(29)17-11-10-14-19(15-17)33(31,32)27(5-2)6-3/h7-16H,4-6H2,1-3H3,(H,25,29)(H,26,30). The number of sulfonamides is 1. The molecule has 0 unspecified atom stereocenters. The average molecular weight is 470 g/mol. The Bertz CT molecular complexity index is 1230. The van der Waals surface area contributed by atoms with E-state index in [0.29, 0.717) is 30.8 Å². The smallest absolute Gasteiger partial charge is 0.267 e. The summed E-state index contributed by atoms with van der Waals surface area (Å²) < 4.78 is 28.4. The van der Waals surface area contributed by atoms with Crippen molar-refractivity contribution in [1.29, 1.82) is 0 Å². The van der Waals surface area contributed by atoms with Crippen molar-refractivity contribution in [3.05, 3.63) is 77.6 Å². The van der Waals surface area contributed by atoms with Gasteiger partial charge in [0.2, 0.25) is 10.0 Å². The number of amides is 2. The van der Waals surface area contributed by atoms with Crippen LogP contribution in [0.5, 0.6) is 0 Å². The number of benzene rings is 2. The van der Waals surface area contributed by atoms with Crippen molar-refractivity contribution in [2.75, 3.05) is 13.1 Å². The molecule has 0 atom stereocenters. The highest BCUT2D eigenvalue weighted by atomic mass is 32.2. The van der Waals surface area contributed by atoms with Crippen molar-refractivity contribution in [3.63, 3.8) is 0 Å². The van der Waals surface area contributed by atoms with Crippen molar-refractivity contribution in [2.24, 2.45) is 0 Å². The van der Waals surface area contributed by atoms with E-state index < -0.39 is 21.8 Å². The Balaban J connectivity index is 1.75. The average Bonchev–Trinajstić information content (AvgIpc) is 3.28. The Kier molecular flexibility index (Phi) is 7.62. The van der Waals surface area contributed by atoms with Gasteiger partial charge in [0.15, 0.2) is 0 Å². The highest BCUT2D eigenvalue weighted by molar-refractivity contribution is 7.89. The molecular formula is C23H27N5O4S. The second kappa shape index (κ2) is 10.4. The summed E-state index contributed by atoms with van der Waals surface area (Å²) in [7, 11) is -3.71. The Morgan fingerprint density at radius 2 is 1.61 bits per heavy atom. The van der Waals surface area contributed by atoms with E-state index in [9.17, 15) is 18.0 Å². The summed E-state index contributed by atoms with van der Waals surface area (Å²) >= 11 is 0. The van der Waals surface area contributed by atoms with Crippen LogP contribution in [-0.4, -0.2) is 47.4 Å². The fraction of sp³-hybridized carbons (Fsp3) is 0.261. The van der Waals surface area contributed by atoms with Crippen LogP contribution >= 0.6 is 0 Å². The van der Waals surface area contributed by atoms with Crippen LogP contribution in [0.4, 0.5) is 0 Å². The topological polar surface area (TPSA) is 113 Å². The zero-order valence-corrected chi connectivity index (χ0v) is 19.6. The van der Waals surface area contributed by atoms with Gasteiger partial charge in [-0.15, -0.1) is 0 Å². The number of carbonyl (C=O) groups excluding carboxylic acids is 2. The van der Waals surface area contributed by atoms with Crippen LogP contribution in [0.1, 0.15) is 47.2 Å². The SMILES string of the molecule is CCc1c(C(=O)NNC(=O)c2cccc(S(=O)(=O)N(CC)CC)c2)cnn1-c1ccccc1. The van der Waals surface area contributed by atoms with Crippen LogP contribution in [0.2, 0.25) is 0 Å². The number of aromatic nitrogens is 2. The minimum Gasteiger partial charge on any atom is -0.267 e. The fourth-order valence-corrected chi connectivity index (χ4v) is 4.96. The molecule has 0 bridgehead atoms. The minimum absolute atomic E-state index is 0.0163. The second-order valence-corrected chi connectivity index (χ2v) is 9.07. The molecule has 0 radical (unpaired) electrons. The molecule has 2 N–H and O–H groups in total. The van der Waals surface area contributed by atoms with Crippen molar-refractivity contribution in [2.45, 2.75) is 32.1 Å². The van der Waals surface area contributed by atoms with Crippen LogP contribution < -0.4 is 10.9 Å². The fourth-order valence-electron chi connectivity index (χ4n) is 3.46. The van der Waals surface area contributed by atoms with E-state index in [0.717, 1.165) is 5.69 Å². The number of hydrazine groups is 1. The van der Waals surface area contributed by atoms with Gasteiger partial charge in [-0.05, 0) is 36.8 Å². The monoisotopic (exact) mass is 469 g/mol. The molecule has 10 heteroatoms. The first-order valence-electron chi connectivity index (χ1n) is 10.7. The molecule has 1 heterocycles. The van der Waals surface area contributed by atoms with Gasteiger partial charge in [0.05, 0.1) is 28.0 Å². The third-order valence-corrected chi connectivity index (χ3v) is 7.22. The second-order valence-electron chi connectivity index (χ2n) is 7.13. The Labute approximate surface area is 193 Å². The minimum atomic E-state index is -3.71. The Morgan fingerprint density at radius 1 is 0.939 bits per heavy atom. The van der Waals surface area contributed by atoms with E-state index in [-0.39, 0.29) is 10.5 Å². The molecule has 3 aromatic rings. The van der Waals surface area contributed by atoms with E-state index in [4.69, 9.17) is 0 Å². The molecule has 1 aromatic heterocycles. The van der Waals surface area contributed by atoms with Gasteiger partial charge in [-0.2, -0.15) is 9.40 Å². The van der Waals surface area contributed by atoms with Crippen molar-refractivity contribution >= 4 is 21.8 Å². The van der Waals surface area contributed by atoms with Crippen LogP contribution in [-0.2, 0) is 16.4 Å². The lowest BCUT2D eigenvalue weighted by molar-refractivity contribution is 0.0846. The van der Waals surface area contributed by atoms with Crippen molar-refractivity contribution in [1.82, 2.24) is 24.9 Å². The first-order valence-corrected chi connectivity index (χ1v) is 12.1. The van der Waals surface area contributed by atoms with Gasteiger partial charge in [-0.25, -0.2) is 13.1 Å². The summed E-state index contributed by atoms with van der Waals surface area (Å²) in [5.41, 5.74) is 6.70. The van der Waals surface area contributed by atoms with Gasteiger partial charge in [0.25, 0.3) is 11.8 Å². The van der Waals surface area contributed by atoms with E-state index >= 15 is 0 Å². The predicted molar refractivity (Wildman–Crippen MR) is 124 cm³/mol. The molecule has 3 rings (SSSR count). The number of rotatable bonds is 8. The molecule has 0 spiro atoms. The summed E-state index contributed by atoms with van der Waals surface area (Å²) in [4.78, 5) is 25.3. The maximum absolute atomic E-state index is 12.7. The first kappa shape index (κ1) is 24.1. The number of nitrogens with one attached hydrogen (secondary N) is 2. The number of nitrogens with zero attached hydrogens (tertiary/aromatic N) is 3. The molecule has 2 amide bonds. The van der Waals surface area contributed by atoms with Crippen LogP contribution in [0, 0.1) is 0 Å². The van der Waals surface area contributed by atoms with Crippen LogP contribution in [0.3, 0.4) is 0 Å². The number of carbonyl (C=O) groups is 2. The van der Waals surface area contributed by atoms with Gasteiger partial charge in [-0.1, -0.05) is 45.0 Å². The third kappa shape index (κ3) is 5.12. The lowest BCUT2D eigenvalue weighted by atomic mass is 10.2. The molecule has 0 aliphatic carbocycles. The predicted octanol–water partition coefficient (Wildman–Crippen LogP) is 2.54. The summed E-state index contributed by atoms with van der Waals surface area (Å²) in [6.45, 7) is 6.05. The molecule has 0 saturated heterocycles. The molecule has 0 saturated carbocycles. The number of para-hydroxylation sites is 1. The Hall–Kier alpha value is -3.50. The van der Waals surface area contributed by atoms with Gasteiger partial charge < -0.3 is 0 Å². The molecule has 0 fully saturated rings. The van der Waals surface area contributed by atoms with E-state index in [1.165, 1.54) is 34.8 Å². The molecule has 174 valence electrons. The Morgan fingerprint density at radius 3 is 2.24 bits per heavy atom. The van der Waals surface area contributed by atoms with Crippen LogP contribution in [0.15, 0.2) is 65.7 Å². The first-order chi connectivity index (χ1) is 15.8. The molecular weight excluding hydrogens is 442 g/mol. The normalized spacial score (nSPS) is 11.4. The molecule has 9 nitrogen and oxygen atoms in total. The summed E-state index contributed by atoms with van der Waals surface area (Å²) in [5.74, 6) is -1.15. The van der Waals surface area contributed by atoms with Crippen molar-refractivity contribution < 1.29 is 18.0 Å². The zero-order chi connectivity index (χ0) is 24.0. The molecule has 2 aromatic carbocycles. The van der Waals surface area contributed by atoms with E-state index in [1.807, 2.05) is 37.3 Å². The summed E-state index contributed by atoms with van der Waals surface area (Å²) in [6.07, 6.45) is 2.00. The highest BCUT2D eigenvalue weighted by Crippen LogP contribution is 2.18. The maximum atomic E-state index is 12.7. The number of hydrogen-bond acceptors (Lipinski definition) is 5. The summed E-state index contributed by atoms with van der Waals surface area (Å²) in [6, 6.07) is 15.1. The third-order valence-electron chi connectivity index (χ3n) is 5.18. The molecule has 0 aliphatic rings. The molecule has 0 aliphatic heterocycles. The quantitative estimate of drug-likeness (QED) is 0.492. The van der Waals surface area contributed by atoms with Gasteiger partial charge in [0.1, 0.15) is 0 Å². The van der Waals surface area contributed by atoms with Crippen LogP contribution in [0.25, 0.3) is 5.69 Å². The molecule has 33 heavy (non-hydrogen) atoms. The van der Waals surface area contributed by atoms with E-state index in [1.54, 1.807) is 18.5 Å². The summed E-state index contributed by atoms with van der Waals surface area (Å²) in [5, 5.41) is 4.31. The lowest BCUT2D eigenvalue weighted by Crippen LogP contribution is -2.42. The zero-order valence-electron chi connectivity index (χ0n) is 18.8. The van der Waals surface area contributed by atoms with Gasteiger partial charge in [-0.3, -0.25) is 20.4 Å². The maximum Gasteiger partial charge on any atom is 0.273 e. The largest absolute Gasteiger partial charge is 0.273 e. The van der Waals surface area contributed by atoms with Gasteiger partial charge >= 0.3 is 0 Å². The van der Waals surface area contributed by atoms with Gasteiger partial charge in [0, 0.05) is 18.7 Å². The van der Waals surface area contributed by atoms with E-state index in [2.05, 4.69) is 16.0 Å². The highest BCUT2D eigenvalue weighted by Gasteiger charge is 2.23. The lowest BCUT2D eigenvalue weighted by Gasteiger charge is -2.18. The number of hydrogen-bond donors (Lipinski definition) is 2. The van der Waals surface area contributed by atoms with Crippen molar-refractivity contribution in [3.8, 4) is 5.69 Å².